The molecule has 0 saturated carbocycles. The smallest absolute Gasteiger partial charge is 0.0727 e. The molecule has 1 unspecified atom stereocenters. The molecule has 0 fully saturated rings. The minimum Gasteiger partial charge on any atom is -0.309 e. The standard InChI is InChI=1S/C49H32N2/c1-3-15-31(16-4-1)50-43-25-13-9-19-33(43)35-27-29-41-45(47(35)50)37-21-7-11-23-39(37)49(41)40-24-12-8-22-38(40)46-42(49)30-28-36-34-20-10-14-26-44(34)51(48(36)46)32-17-5-2-6-18-32/h1-9,11-19,21-30H,10,20H2. The van der Waals surface area contributed by atoms with E-state index in [1.54, 1.807) is 0 Å². The van der Waals surface area contributed by atoms with Crippen LogP contribution in [0.25, 0.3) is 72.4 Å². The Balaban J connectivity index is 1.28. The van der Waals surface area contributed by atoms with Crippen LogP contribution in [-0.4, -0.2) is 9.13 Å². The second-order valence-corrected chi connectivity index (χ2v) is 14.3. The Bertz CT molecular complexity index is 2960. The van der Waals surface area contributed by atoms with Crippen LogP contribution in [0.1, 0.15) is 39.9 Å². The first-order chi connectivity index (χ1) is 25.4. The molecule has 1 atom stereocenters. The number of para-hydroxylation sites is 3. The third-order valence-corrected chi connectivity index (χ3v) is 12.0. The first-order valence-electron chi connectivity index (χ1n) is 18.1. The Labute approximate surface area is 296 Å². The monoisotopic (exact) mass is 648 g/mol. The molecular weight excluding hydrogens is 617 g/mol. The maximum Gasteiger partial charge on any atom is 0.0727 e. The van der Waals surface area contributed by atoms with Gasteiger partial charge in [0.15, 0.2) is 0 Å². The third-order valence-electron chi connectivity index (χ3n) is 12.0. The highest BCUT2D eigenvalue weighted by Gasteiger charge is 2.53. The molecule has 0 aliphatic heterocycles. The van der Waals surface area contributed by atoms with E-state index in [0.29, 0.717) is 0 Å². The Morgan fingerprint density at radius 2 is 0.980 bits per heavy atom. The predicted octanol–water partition coefficient (Wildman–Crippen LogP) is 12.0. The summed E-state index contributed by atoms with van der Waals surface area (Å²) in [6.07, 6.45) is 6.83. The van der Waals surface area contributed by atoms with Crippen LogP contribution in [0, 0.1) is 0 Å². The number of hydrogen-bond donors (Lipinski definition) is 0. The van der Waals surface area contributed by atoms with Crippen molar-refractivity contribution in [2.75, 3.05) is 0 Å². The van der Waals surface area contributed by atoms with E-state index in [-0.39, 0.29) is 0 Å². The first kappa shape index (κ1) is 27.4. The van der Waals surface area contributed by atoms with Crippen LogP contribution >= 0.6 is 0 Å². The molecule has 51 heavy (non-hydrogen) atoms. The van der Waals surface area contributed by atoms with Gasteiger partial charge in [0.1, 0.15) is 0 Å². The number of rotatable bonds is 2. The number of aromatic nitrogens is 2. The van der Waals surface area contributed by atoms with Crippen molar-refractivity contribution in [1.82, 2.24) is 9.13 Å². The molecule has 0 radical (unpaired) electrons. The van der Waals surface area contributed by atoms with Gasteiger partial charge < -0.3 is 9.13 Å². The molecule has 7 aromatic carbocycles. The van der Waals surface area contributed by atoms with Gasteiger partial charge in [-0.2, -0.15) is 0 Å². The first-order valence-corrected chi connectivity index (χ1v) is 18.1. The van der Waals surface area contributed by atoms with E-state index in [9.17, 15) is 0 Å². The van der Waals surface area contributed by atoms with Gasteiger partial charge in [0.25, 0.3) is 0 Å². The van der Waals surface area contributed by atoms with Gasteiger partial charge in [-0.15, -0.1) is 0 Å². The van der Waals surface area contributed by atoms with Crippen molar-refractivity contribution in [1.29, 1.82) is 0 Å². The summed E-state index contributed by atoms with van der Waals surface area (Å²) in [5.74, 6) is 0. The zero-order valence-electron chi connectivity index (χ0n) is 28.0. The van der Waals surface area contributed by atoms with Crippen LogP contribution in [0.4, 0.5) is 0 Å². The summed E-state index contributed by atoms with van der Waals surface area (Å²) in [4.78, 5) is 0. The summed E-state index contributed by atoms with van der Waals surface area (Å²) >= 11 is 0. The van der Waals surface area contributed by atoms with E-state index in [2.05, 4.69) is 179 Å². The van der Waals surface area contributed by atoms with Crippen molar-refractivity contribution < 1.29 is 0 Å². The lowest BCUT2D eigenvalue weighted by Gasteiger charge is -2.30. The molecule has 2 aromatic heterocycles. The number of hydrogen-bond acceptors (Lipinski definition) is 0. The minimum atomic E-state index is -0.458. The van der Waals surface area contributed by atoms with E-state index in [4.69, 9.17) is 0 Å². The summed E-state index contributed by atoms with van der Waals surface area (Å²) in [5, 5.41) is 3.94. The van der Waals surface area contributed by atoms with Gasteiger partial charge in [0, 0.05) is 44.4 Å². The lowest BCUT2D eigenvalue weighted by atomic mass is 9.70. The maximum absolute atomic E-state index is 2.55. The fourth-order valence-corrected chi connectivity index (χ4v) is 10.2. The van der Waals surface area contributed by atoms with Gasteiger partial charge in [-0.1, -0.05) is 133 Å². The number of nitrogens with zero attached hydrogens (tertiary/aromatic N) is 2. The molecule has 238 valence electrons. The zero-order valence-corrected chi connectivity index (χ0v) is 28.0. The van der Waals surface area contributed by atoms with Crippen LogP contribution in [0.15, 0.2) is 164 Å². The number of benzene rings is 7. The van der Waals surface area contributed by atoms with Gasteiger partial charge in [-0.25, -0.2) is 0 Å². The summed E-state index contributed by atoms with van der Waals surface area (Å²) in [6, 6.07) is 59.0. The van der Waals surface area contributed by atoms with E-state index in [0.717, 1.165) is 12.8 Å². The molecule has 3 aliphatic rings. The third kappa shape index (κ3) is 3.29. The van der Waals surface area contributed by atoms with Gasteiger partial charge in [-0.3, -0.25) is 0 Å². The van der Waals surface area contributed by atoms with E-state index in [1.165, 1.54) is 99.8 Å². The zero-order chi connectivity index (χ0) is 33.3. The fourth-order valence-electron chi connectivity index (χ4n) is 10.2. The molecule has 0 bridgehead atoms. The van der Waals surface area contributed by atoms with Crippen LogP contribution in [0.2, 0.25) is 0 Å². The van der Waals surface area contributed by atoms with Gasteiger partial charge >= 0.3 is 0 Å². The molecule has 2 nitrogen and oxygen atoms in total. The van der Waals surface area contributed by atoms with E-state index in [1.807, 2.05) is 0 Å². The summed E-state index contributed by atoms with van der Waals surface area (Å²) < 4.78 is 5.05. The minimum absolute atomic E-state index is 0.458. The van der Waals surface area contributed by atoms with Crippen molar-refractivity contribution in [3.63, 3.8) is 0 Å². The Morgan fingerprint density at radius 1 is 0.431 bits per heavy atom. The van der Waals surface area contributed by atoms with Crippen molar-refractivity contribution in [2.24, 2.45) is 0 Å². The second kappa shape index (κ2) is 9.87. The van der Waals surface area contributed by atoms with Crippen molar-refractivity contribution >= 4 is 38.8 Å². The maximum atomic E-state index is 2.55. The van der Waals surface area contributed by atoms with Gasteiger partial charge in [0.05, 0.1) is 22.0 Å². The summed E-state index contributed by atoms with van der Waals surface area (Å²) in [7, 11) is 0. The average molecular weight is 649 g/mol. The lowest BCUT2D eigenvalue weighted by Crippen LogP contribution is -2.25. The molecule has 9 aromatic rings. The summed E-state index contributed by atoms with van der Waals surface area (Å²) in [5.41, 5.74) is 19.4. The van der Waals surface area contributed by atoms with Crippen LogP contribution in [0.5, 0.6) is 0 Å². The van der Waals surface area contributed by atoms with Gasteiger partial charge in [-0.05, 0) is 88.2 Å². The molecule has 2 heterocycles. The number of allylic oxidation sites excluding steroid dienone is 1. The molecule has 0 amide bonds. The van der Waals surface area contributed by atoms with Crippen LogP contribution in [-0.2, 0) is 11.8 Å². The summed E-state index contributed by atoms with van der Waals surface area (Å²) in [6.45, 7) is 0. The highest BCUT2D eigenvalue weighted by Crippen LogP contribution is 2.65. The molecule has 0 saturated heterocycles. The normalized spacial score (nSPS) is 16.5. The second-order valence-electron chi connectivity index (χ2n) is 14.3. The molecule has 0 N–H and O–H groups in total. The number of fused-ring (bicyclic) bond motifs is 18. The molecule has 2 heteroatoms. The van der Waals surface area contributed by atoms with Crippen molar-refractivity contribution in [3.8, 4) is 33.6 Å². The quantitative estimate of drug-likeness (QED) is 0.177. The van der Waals surface area contributed by atoms with Crippen LogP contribution < -0.4 is 0 Å². The van der Waals surface area contributed by atoms with E-state index < -0.39 is 5.41 Å². The molecule has 12 rings (SSSR count). The van der Waals surface area contributed by atoms with Gasteiger partial charge in [0.2, 0.25) is 0 Å². The molecule has 1 spiro atoms. The topological polar surface area (TPSA) is 9.86 Å². The molecular formula is C49H32N2. The fraction of sp³-hybridized carbons (Fsp3) is 0.0612. The lowest BCUT2D eigenvalue weighted by molar-refractivity contribution is 0.794. The Morgan fingerprint density at radius 3 is 1.67 bits per heavy atom. The van der Waals surface area contributed by atoms with Crippen LogP contribution in [0.3, 0.4) is 0 Å². The van der Waals surface area contributed by atoms with Crippen molar-refractivity contribution in [2.45, 2.75) is 18.3 Å². The largest absolute Gasteiger partial charge is 0.309 e. The Kier molecular flexibility index (Phi) is 5.31. The predicted molar refractivity (Wildman–Crippen MR) is 211 cm³/mol. The van der Waals surface area contributed by atoms with E-state index >= 15 is 0 Å². The SMILES string of the molecule is C1=Cc2c(c3ccc4c(c3n2-c2ccccc2)-c2ccccc2C42c3ccccc3-c3c2ccc2c4ccccc4n(-c4ccccc4)c32)CC1. The van der Waals surface area contributed by atoms with Crippen molar-refractivity contribution in [3.05, 3.63) is 197 Å². The Hall–Kier alpha value is -6.38. The number of aryl methyl sites for hydroxylation is 1. The average Bonchev–Trinajstić information content (AvgIpc) is 3.90. The highest BCUT2D eigenvalue weighted by molar-refractivity contribution is 6.17. The molecule has 3 aliphatic carbocycles. The highest BCUT2D eigenvalue weighted by atomic mass is 15.0.